The van der Waals surface area contributed by atoms with E-state index in [4.69, 9.17) is 9.47 Å². The molecule has 0 aromatic heterocycles. The number of ether oxygens (including phenoxy) is 2. The largest absolute Gasteiger partial charge is 0.507 e. The van der Waals surface area contributed by atoms with E-state index in [1.165, 1.54) is 6.07 Å². The first-order valence-electron chi connectivity index (χ1n) is 5.64. The highest BCUT2D eigenvalue weighted by atomic mass is 16.5. The van der Waals surface area contributed by atoms with Crippen LogP contribution in [-0.2, 0) is 4.74 Å². The summed E-state index contributed by atoms with van der Waals surface area (Å²) in [5.74, 6) is 0.190. The second-order valence-electron chi connectivity index (χ2n) is 3.74. The van der Waals surface area contributed by atoms with Gasteiger partial charge in [0.15, 0.2) is 0 Å². The molecule has 0 aliphatic rings. The summed E-state index contributed by atoms with van der Waals surface area (Å²) in [5.41, 5.74) is 0.339. The normalized spacial score (nSPS) is 10.3. The predicted molar refractivity (Wildman–Crippen MR) is 68.1 cm³/mol. The molecule has 18 heavy (non-hydrogen) atoms. The molecule has 1 N–H and O–H groups in total. The van der Waals surface area contributed by atoms with Gasteiger partial charge in [0.05, 0.1) is 19.3 Å². The van der Waals surface area contributed by atoms with Gasteiger partial charge in [-0.25, -0.2) is 4.79 Å². The van der Waals surface area contributed by atoms with E-state index in [0.717, 1.165) is 0 Å². The molecule has 2 aromatic rings. The quantitative estimate of drug-likeness (QED) is 0.846. The zero-order chi connectivity index (χ0) is 13.1. The lowest BCUT2D eigenvalue weighted by Gasteiger charge is -2.11. The zero-order valence-corrected chi connectivity index (χ0v) is 10.3. The lowest BCUT2D eigenvalue weighted by Crippen LogP contribution is -2.05. The highest BCUT2D eigenvalue weighted by molar-refractivity contribution is 6.08. The first-order chi connectivity index (χ1) is 8.69. The van der Waals surface area contributed by atoms with Crippen molar-refractivity contribution in [2.45, 2.75) is 6.92 Å². The van der Waals surface area contributed by atoms with E-state index in [2.05, 4.69) is 0 Å². The predicted octanol–water partition coefficient (Wildman–Crippen LogP) is 2.73. The van der Waals surface area contributed by atoms with Crippen LogP contribution in [0, 0.1) is 0 Å². The Morgan fingerprint density at radius 1 is 1.28 bits per heavy atom. The molecule has 0 saturated carbocycles. The lowest BCUT2D eigenvalue weighted by atomic mass is 10.0. The summed E-state index contributed by atoms with van der Waals surface area (Å²) in [7, 11) is 1.54. The van der Waals surface area contributed by atoms with E-state index in [0.29, 0.717) is 28.7 Å². The Morgan fingerprint density at radius 3 is 2.72 bits per heavy atom. The Morgan fingerprint density at radius 2 is 2.06 bits per heavy atom. The standard InChI is InChI=1S/C14H14O4/c1-3-18-14(16)10-7-8-12(17-2)9-5-4-6-11(15)13(9)10/h4-8,15H,3H2,1-2H3. The minimum atomic E-state index is -0.452. The molecule has 0 spiro atoms. The van der Waals surface area contributed by atoms with Gasteiger partial charge in [0.25, 0.3) is 0 Å². The number of rotatable bonds is 3. The van der Waals surface area contributed by atoms with Gasteiger partial charge in [0.1, 0.15) is 11.5 Å². The smallest absolute Gasteiger partial charge is 0.338 e. The number of hydrogen-bond donors (Lipinski definition) is 1. The molecule has 2 rings (SSSR count). The van der Waals surface area contributed by atoms with E-state index in [-0.39, 0.29) is 5.75 Å². The first-order valence-corrected chi connectivity index (χ1v) is 5.64. The van der Waals surface area contributed by atoms with Crippen molar-refractivity contribution in [3.63, 3.8) is 0 Å². The Bertz CT molecular complexity index is 590. The highest BCUT2D eigenvalue weighted by Crippen LogP contribution is 2.34. The van der Waals surface area contributed by atoms with Crippen molar-refractivity contribution in [2.24, 2.45) is 0 Å². The fraction of sp³-hybridized carbons (Fsp3) is 0.214. The van der Waals surface area contributed by atoms with Crippen LogP contribution < -0.4 is 4.74 Å². The monoisotopic (exact) mass is 246 g/mol. The Hall–Kier alpha value is -2.23. The summed E-state index contributed by atoms with van der Waals surface area (Å²) in [6.45, 7) is 2.03. The minimum Gasteiger partial charge on any atom is -0.507 e. The zero-order valence-electron chi connectivity index (χ0n) is 10.3. The molecule has 2 aromatic carbocycles. The van der Waals surface area contributed by atoms with Crippen LogP contribution in [0.15, 0.2) is 30.3 Å². The van der Waals surface area contributed by atoms with Crippen LogP contribution in [-0.4, -0.2) is 24.8 Å². The number of carbonyl (C=O) groups excluding carboxylic acids is 1. The number of methoxy groups -OCH3 is 1. The fourth-order valence-electron chi connectivity index (χ4n) is 1.92. The maximum atomic E-state index is 11.8. The summed E-state index contributed by atoms with van der Waals surface area (Å²) < 4.78 is 10.2. The molecule has 0 aliphatic carbocycles. The summed E-state index contributed by atoms with van der Waals surface area (Å²) in [6, 6.07) is 8.31. The van der Waals surface area contributed by atoms with Crippen molar-refractivity contribution in [1.29, 1.82) is 0 Å². The third-order valence-corrected chi connectivity index (χ3v) is 2.69. The van der Waals surface area contributed by atoms with Crippen LogP contribution in [0.2, 0.25) is 0 Å². The number of esters is 1. The van der Waals surface area contributed by atoms with Gasteiger partial charge in [-0.05, 0) is 25.1 Å². The maximum Gasteiger partial charge on any atom is 0.338 e. The Balaban J connectivity index is 2.72. The molecule has 0 saturated heterocycles. The summed E-state index contributed by atoms with van der Waals surface area (Å²) in [5, 5.41) is 11.1. The SMILES string of the molecule is CCOC(=O)c1ccc(OC)c2cccc(O)c12. The lowest BCUT2D eigenvalue weighted by molar-refractivity contribution is 0.0528. The second kappa shape index (κ2) is 4.96. The van der Waals surface area contributed by atoms with Crippen LogP contribution in [0.4, 0.5) is 0 Å². The number of phenols is 1. The van der Waals surface area contributed by atoms with Crippen molar-refractivity contribution in [2.75, 3.05) is 13.7 Å². The third-order valence-electron chi connectivity index (χ3n) is 2.69. The topological polar surface area (TPSA) is 55.8 Å². The van der Waals surface area contributed by atoms with E-state index in [9.17, 15) is 9.90 Å². The molecule has 0 radical (unpaired) electrons. The van der Waals surface area contributed by atoms with Crippen molar-refractivity contribution >= 4 is 16.7 Å². The van der Waals surface area contributed by atoms with Gasteiger partial charge in [-0.2, -0.15) is 0 Å². The van der Waals surface area contributed by atoms with Gasteiger partial charge in [-0.15, -0.1) is 0 Å². The number of hydrogen-bond acceptors (Lipinski definition) is 4. The van der Waals surface area contributed by atoms with E-state index < -0.39 is 5.97 Å². The summed E-state index contributed by atoms with van der Waals surface area (Å²) in [6.07, 6.45) is 0. The highest BCUT2D eigenvalue weighted by Gasteiger charge is 2.16. The van der Waals surface area contributed by atoms with Gasteiger partial charge in [-0.3, -0.25) is 0 Å². The average Bonchev–Trinajstić information content (AvgIpc) is 2.38. The van der Waals surface area contributed by atoms with Crippen molar-refractivity contribution < 1.29 is 19.4 Å². The van der Waals surface area contributed by atoms with Gasteiger partial charge in [0, 0.05) is 10.8 Å². The van der Waals surface area contributed by atoms with Crippen molar-refractivity contribution in [1.82, 2.24) is 0 Å². The number of aromatic hydroxyl groups is 1. The van der Waals surface area contributed by atoms with Crippen LogP contribution in [0.25, 0.3) is 10.8 Å². The second-order valence-corrected chi connectivity index (χ2v) is 3.74. The minimum absolute atomic E-state index is 0.0365. The molecule has 0 heterocycles. The fourth-order valence-corrected chi connectivity index (χ4v) is 1.92. The Labute approximate surface area is 105 Å². The molecule has 0 amide bonds. The van der Waals surface area contributed by atoms with Crippen LogP contribution >= 0.6 is 0 Å². The molecular formula is C14H14O4. The molecule has 0 unspecified atom stereocenters. The number of benzene rings is 2. The van der Waals surface area contributed by atoms with Crippen LogP contribution in [0.1, 0.15) is 17.3 Å². The molecule has 94 valence electrons. The summed E-state index contributed by atoms with van der Waals surface area (Å²) in [4.78, 5) is 11.8. The van der Waals surface area contributed by atoms with Crippen molar-refractivity contribution in [3.8, 4) is 11.5 Å². The average molecular weight is 246 g/mol. The van der Waals surface area contributed by atoms with Crippen LogP contribution in [0.3, 0.4) is 0 Å². The van der Waals surface area contributed by atoms with Gasteiger partial charge >= 0.3 is 5.97 Å². The molecule has 0 bridgehead atoms. The van der Waals surface area contributed by atoms with E-state index in [1.54, 1.807) is 38.3 Å². The van der Waals surface area contributed by atoms with E-state index >= 15 is 0 Å². The molecule has 4 heteroatoms. The maximum absolute atomic E-state index is 11.8. The molecule has 4 nitrogen and oxygen atoms in total. The molecule has 0 fully saturated rings. The van der Waals surface area contributed by atoms with Gasteiger partial charge in [0.2, 0.25) is 0 Å². The van der Waals surface area contributed by atoms with E-state index in [1.807, 2.05) is 0 Å². The number of phenolic OH excluding ortho intramolecular Hbond substituents is 1. The number of fused-ring (bicyclic) bond motifs is 1. The van der Waals surface area contributed by atoms with Gasteiger partial charge in [-0.1, -0.05) is 12.1 Å². The third kappa shape index (κ3) is 1.97. The molecular weight excluding hydrogens is 232 g/mol. The van der Waals surface area contributed by atoms with Crippen molar-refractivity contribution in [3.05, 3.63) is 35.9 Å². The Kier molecular flexibility index (Phi) is 3.37. The van der Waals surface area contributed by atoms with Gasteiger partial charge < -0.3 is 14.6 Å². The molecule has 0 aliphatic heterocycles. The van der Waals surface area contributed by atoms with Crippen LogP contribution in [0.5, 0.6) is 11.5 Å². The first kappa shape index (κ1) is 12.2. The molecule has 0 atom stereocenters. The summed E-state index contributed by atoms with van der Waals surface area (Å²) >= 11 is 0. The number of carbonyl (C=O) groups is 1.